The number of nitrogens with zero attached hydrogens (tertiary/aromatic N) is 2. The molecule has 8 heteroatoms. The SMILES string of the molecule is O=C(CC1(O)CCCCCC1)Nc1cccc2c(=O)n(CC3CCCN3C(=O)O)ccc12. The molecule has 1 saturated carbocycles. The number of carbonyl (C=O) groups is 2. The van der Waals surface area contributed by atoms with Crippen molar-refractivity contribution < 1.29 is 19.8 Å². The number of pyridine rings is 1. The van der Waals surface area contributed by atoms with Crippen LogP contribution in [0.25, 0.3) is 10.8 Å². The first-order valence-corrected chi connectivity index (χ1v) is 11.5. The summed E-state index contributed by atoms with van der Waals surface area (Å²) in [7, 11) is 0. The fraction of sp³-hybridized carbons (Fsp3) is 0.542. The Morgan fingerprint density at radius 1 is 1.06 bits per heavy atom. The van der Waals surface area contributed by atoms with E-state index in [9.17, 15) is 24.6 Å². The Balaban J connectivity index is 1.52. The first kappa shape index (κ1) is 22.3. The van der Waals surface area contributed by atoms with E-state index < -0.39 is 11.7 Å². The van der Waals surface area contributed by atoms with Gasteiger partial charge >= 0.3 is 6.09 Å². The summed E-state index contributed by atoms with van der Waals surface area (Å²) >= 11 is 0. The van der Waals surface area contributed by atoms with Crippen molar-refractivity contribution in [2.24, 2.45) is 0 Å². The van der Waals surface area contributed by atoms with Gasteiger partial charge in [-0.1, -0.05) is 31.7 Å². The lowest BCUT2D eigenvalue weighted by molar-refractivity contribution is -0.121. The molecule has 1 aliphatic heterocycles. The molecule has 1 aromatic carbocycles. The van der Waals surface area contributed by atoms with Crippen LogP contribution >= 0.6 is 0 Å². The van der Waals surface area contributed by atoms with Crippen molar-refractivity contribution in [1.29, 1.82) is 0 Å². The van der Waals surface area contributed by atoms with Gasteiger partial charge in [0, 0.05) is 35.7 Å². The molecule has 3 N–H and O–H groups in total. The molecule has 2 heterocycles. The minimum Gasteiger partial charge on any atom is -0.465 e. The number of amides is 2. The molecule has 0 radical (unpaired) electrons. The molecule has 0 spiro atoms. The Hall–Kier alpha value is -2.87. The number of carboxylic acid groups (broad SMARTS) is 1. The minimum absolute atomic E-state index is 0.0488. The Kier molecular flexibility index (Phi) is 6.50. The third-order valence-corrected chi connectivity index (χ3v) is 6.85. The second-order valence-electron chi connectivity index (χ2n) is 9.18. The molecule has 2 aromatic rings. The van der Waals surface area contributed by atoms with Gasteiger partial charge in [0.25, 0.3) is 5.56 Å². The van der Waals surface area contributed by atoms with Gasteiger partial charge in [-0.3, -0.25) is 9.59 Å². The van der Waals surface area contributed by atoms with Crippen molar-refractivity contribution in [1.82, 2.24) is 9.47 Å². The molecule has 32 heavy (non-hydrogen) atoms. The van der Waals surface area contributed by atoms with Crippen LogP contribution in [0, 0.1) is 0 Å². The highest BCUT2D eigenvalue weighted by Crippen LogP contribution is 2.30. The molecule has 2 fully saturated rings. The van der Waals surface area contributed by atoms with Crippen LogP contribution in [-0.2, 0) is 11.3 Å². The molecule has 8 nitrogen and oxygen atoms in total. The number of rotatable bonds is 5. The average Bonchev–Trinajstić information content (AvgIpc) is 3.11. The van der Waals surface area contributed by atoms with Crippen LogP contribution in [0.5, 0.6) is 0 Å². The lowest BCUT2D eigenvalue weighted by Gasteiger charge is -2.26. The second-order valence-corrected chi connectivity index (χ2v) is 9.18. The van der Waals surface area contributed by atoms with Gasteiger partial charge in [0.2, 0.25) is 5.91 Å². The van der Waals surface area contributed by atoms with Gasteiger partial charge in [0.1, 0.15) is 0 Å². The summed E-state index contributed by atoms with van der Waals surface area (Å²) in [4.78, 5) is 38.6. The lowest BCUT2D eigenvalue weighted by Crippen LogP contribution is -2.39. The third kappa shape index (κ3) is 4.80. The average molecular weight is 442 g/mol. The van der Waals surface area contributed by atoms with Crippen LogP contribution in [0.1, 0.15) is 57.8 Å². The predicted octanol–water partition coefficient (Wildman–Crippen LogP) is 3.56. The van der Waals surface area contributed by atoms with Gasteiger partial charge in [-0.25, -0.2) is 4.79 Å². The third-order valence-electron chi connectivity index (χ3n) is 6.85. The number of aliphatic hydroxyl groups is 1. The summed E-state index contributed by atoms with van der Waals surface area (Å²) in [6.07, 6.45) is 7.58. The van der Waals surface area contributed by atoms with Crippen molar-refractivity contribution in [3.63, 3.8) is 0 Å². The fourth-order valence-electron chi connectivity index (χ4n) is 5.13. The zero-order valence-electron chi connectivity index (χ0n) is 18.3. The van der Waals surface area contributed by atoms with Crippen LogP contribution < -0.4 is 10.9 Å². The summed E-state index contributed by atoms with van der Waals surface area (Å²) in [6.45, 7) is 0.801. The Morgan fingerprint density at radius 2 is 1.81 bits per heavy atom. The van der Waals surface area contributed by atoms with E-state index in [0.29, 0.717) is 42.4 Å². The molecule has 1 unspecified atom stereocenters. The Labute approximate surface area is 186 Å². The number of hydrogen-bond acceptors (Lipinski definition) is 4. The zero-order valence-corrected chi connectivity index (χ0v) is 18.3. The fourth-order valence-corrected chi connectivity index (χ4v) is 5.13. The summed E-state index contributed by atoms with van der Waals surface area (Å²) in [5.74, 6) is -0.255. The maximum Gasteiger partial charge on any atom is 0.407 e. The number of aromatic nitrogens is 1. The highest BCUT2D eigenvalue weighted by atomic mass is 16.4. The van der Waals surface area contributed by atoms with Crippen molar-refractivity contribution in [3.8, 4) is 0 Å². The van der Waals surface area contributed by atoms with Gasteiger partial charge in [-0.2, -0.15) is 0 Å². The molecule has 4 rings (SSSR count). The van der Waals surface area contributed by atoms with E-state index in [1.807, 2.05) is 0 Å². The largest absolute Gasteiger partial charge is 0.465 e. The maximum absolute atomic E-state index is 13.1. The predicted molar refractivity (Wildman–Crippen MR) is 122 cm³/mol. The van der Waals surface area contributed by atoms with Crippen molar-refractivity contribution in [3.05, 3.63) is 40.8 Å². The molecule has 0 bridgehead atoms. The van der Waals surface area contributed by atoms with Gasteiger partial charge < -0.3 is 25.0 Å². The van der Waals surface area contributed by atoms with E-state index in [-0.39, 0.29) is 23.9 Å². The van der Waals surface area contributed by atoms with Crippen molar-refractivity contribution in [2.75, 3.05) is 11.9 Å². The highest BCUT2D eigenvalue weighted by molar-refractivity contribution is 6.02. The van der Waals surface area contributed by atoms with E-state index >= 15 is 0 Å². The van der Waals surface area contributed by atoms with E-state index in [4.69, 9.17) is 0 Å². The van der Waals surface area contributed by atoms with Gasteiger partial charge in [-0.05, 0) is 43.9 Å². The quantitative estimate of drug-likeness (QED) is 0.614. The van der Waals surface area contributed by atoms with Gasteiger partial charge in [0.05, 0.1) is 18.1 Å². The standard InChI is InChI=1S/C24H31N3O5/c28-21(15-24(32)11-3-1-2-4-12-24)25-20-9-5-8-19-18(20)10-14-26(22(19)29)16-17-7-6-13-27(17)23(30)31/h5,8-10,14,17,32H,1-4,6-7,11-13,15-16H2,(H,25,28)(H,30,31). The van der Waals surface area contributed by atoms with Crippen molar-refractivity contribution >= 4 is 28.5 Å². The number of likely N-dealkylation sites (tertiary alicyclic amines) is 1. The monoisotopic (exact) mass is 441 g/mol. The minimum atomic E-state index is -0.963. The molecular weight excluding hydrogens is 410 g/mol. The number of nitrogens with one attached hydrogen (secondary N) is 1. The molecule has 1 saturated heterocycles. The Bertz CT molecular complexity index is 1060. The van der Waals surface area contributed by atoms with Crippen LogP contribution in [0.3, 0.4) is 0 Å². The van der Waals surface area contributed by atoms with Gasteiger partial charge in [-0.15, -0.1) is 0 Å². The molecule has 1 aliphatic carbocycles. The Morgan fingerprint density at radius 3 is 2.53 bits per heavy atom. The van der Waals surface area contributed by atoms with Crippen molar-refractivity contribution in [2.45, 2.75) is 76.0 Å². The number of anilines is 1. The normalized spacial score (nSPS) is 20.8. The summed E-state index contributed by atoms with van der Waals surface area (Å²) < 4.78 is 1.55. The summed E-state index contributed by atoms with van der Waals surface area (Å²) in [5.41, 5.74) is -0.630. The van der Waals surface area contributed by atoms with E-state index in [0.717, 1.165) is 38.5 Å². The molecule has 1 aromatic heterocycles. The van der Waals surface area contributed by atoms with Crippen LogP contribution in [0.15, 0.2) is 35.3 Å². The van der Waals surface area contributed by atoms with E-state index in [1.54, 1.807) is 35.0 Å². The van der Waals surface area contributed by atoms with Crippen LogP contribution in [-0.4, -0.2) is 49.9 Å². The van der Waals surface area contributed by atoms with Crippen LogP contribution in [0.2, 0.25) is 0 Å². The lowest BCUT2D eigenvalue weighted by atomic mass is 9.90. The van der Waals surface area contributed by atoms with Gasteiger partial charge in [0.15, 0.2) is 0 Å². The smallest absolute Gasteiger partial charge is 0.407 e. The first-order chi connectivity index (χ1) is 15.4. The summed E-state index contributed by atoms with van der Waals surface area (Å²) in [5, 5.41) is 24.2. The molecular formula is C24H31N3O5. The zero-order chi connectivity index (χ0) is 22.7. The molecule has 1 atom stereocenters. The maximum atomic E-state index is 13.1. The van der Waals surface area contributed by atoms with E-state index in [1.165, 1.54) is 4.90 Å². The molecule has 2 amide bonds. The van der Waals surface area contributed by atoms with Crippen LogP contribution in [0.4, 0.5) is 10.5 Å². The topological polar surface area (TPSA) is 112 Å². The molecule has 2 aliphatic rings. The molecule has 172 valence electrons. The summed E-state index contributed by atoms with van der Waals surface area (Å²) in [6, 6.07) is 6.76. The number of hydrogen-bond donors (Lipinski definition) is 3. The highest BCUT2D eigenvalue weighted by Gasteiger charge is 2.31. The number of carbonyl (C=O) groups excluding carboxylic acids is 1. The number of benzene rings is 1. The van der Waals surface area contributed by atoms with E-state index in [2.05, 4.69) is 5.32 Å². The number of fused-ring (bicyclic) bond motifs is 1. The first-order valence-electron chi connectivity index (χ1n) is 11.5. The second kappa shape index (κ2) is 9.32.